The Balaban J connectivity index is 1.78. The molecular formula is C14H21N3O. The van der Waals surface area contributed by atoms with Crippen LogP contribution in [0.1, 0.15) is 25.3 Å². The zero-order chi connectivity index (χ0) is 12.4. The first-order valence-corrected chi connectivity index (χ1v) is 6.92. The third kappa shape index (κ3) is 2.35. The van der Waals surface area contributed by atoms with Crippen molar-refractivity contribution in [1.29, 1.82) is 0 Å². The number of fused-ring (bicyclic) bond motifs is 2. The Kier molecular flexibility index (Phi) is 3.48. The van der Waals surface area contributed by atoms with Crippen molar-refractivity contribution in [2.24, 2.45) is 0 Å². The molecule has 2 aliphatic rings. The van der Waals surface area contributed by atoms with Crippen molar-refractivity contribution in [2.75, 3.05) is 24.5 Å². The number of hydrogen-bond donors (Lipinski definition) is 1. The van der Waals surface area contributed by atoms with Gasteiger partial charge < -0.3 is 15.0 Å². The van der Waals surface area contributed by atoms with Gasteiger partial charge in [-0.2, -0.15) is 0 Å². The summed E-state index contributed by atoms with van der Waals surface area (Å²) >= 11 is 0. The normalized spacial score (nSPS) is 26.6. The molecule has 4 heteroatoms. The second kappa shape index (κ2) is 5.24. The molecule has 3 rings (SSSR count). The molecule has 4 nitrogen and oxygen atoms in total. The molecule has 0 spiro atoms. The summed E-state index contributed by atoms with van der Waals surface area (Å²) < 4.78 is 5.88. The van der Waals surface area contributed by atoms with Gasteiger partial charge in [0.25, 0.3) is 0 Å². The van der Waals surface area contributed by atoms with E-state index in [4.69, 9.17) is 4.74 Å². The molecule has 3 heterocycles. The Labute approximate surface area is 108 Å². The summed E-state index contributed by atoms with van der Waals surface area (Å²) in [5, 5.41) is 3.38. The zero-order valence-electron chi connectivity index (χ0n) is 10.9. The van der Waals surface area contributed by atoms with Crippen LogP contribution < -0.4 is 10.2 Å². The van der Waals surface area contributed by atoms with Crippen LogP contribution in [0.15, 0.2) is 18.3 Å². The van der Waals surface area contributed by atoms with E-state index >= 15 is 0 Å². The molecular weight excluding hydrogens is 226 g/mol. The molecule has 2 bridgehead atoms. The molecule has 0 radical (unpaired) electrons. The molecule has 18 heavy (non-hydrogen) atoms. The lowest BCUT2D eigenvalue weighted by Gasteiger charge is -2.34. The van der Waals surface area contributed by atoms with Crippen molar-refractivity contribution < 1.29 is 4.74 Å². The first kappa shape index (κ1) is 11.9. The highest BCUT2D eigenvalue weighted by Gasteiger charge is 2.34. The number of nitrogens with one attached hydrogen (secondary N) is 1. The number of morpholine rings is 1. The van der Waals surface area contributed by atoms with Crippen LogP contribution >= 0.6 is 0 Å². The van der Waals surface area contributed by atoms with E-state index < -0.39 is 0 Å². The molecule has 2 unspecified atom stereocenters. The molecule has 2 atom stereocenters. The average molecular weight is 247 g/mol. The third-order valence-electron chi connectivity index (χ3n) is 3.78. The Bertz CT molecular complexity index is 398. The molecule has 1 N–H and O–H groups in total. The maximum absolute atomic E-state index is 5.88. The Morgan fingerprint density at radius 3 is 2.89 bits per heavy atom. The lowest BCUT2D eigenvalue weighted by Crippen LogP contribution is -2.43. The van der Waals surface area contributed by atoms with E-state index in [1.54, 1.807) is 0 Å². The van der Waals surface area contributed by atoms with E-state index in [9.17, 15) is 0 Å². The minimum Gasteiger partial charge on any atom is -0.371 e. The number of hydrogen-bond acceptors (Lipinski definition) is 4. The average Bonchev–Trinajstić information content (AvgIpc) is 2.75. The smallest absolute Gasteiger partial charge is 0.133 e. The third-order valence-corrected chi connectivity index (χ3v) is 3.78. The lowest BCUT2D eigenvalue weighted by atomic mass is 10.2. The van der Waals surface area contributed by atoms with Gasteiger partial charge in [0.2, 0.25) is 0 Å². The number of aromatic nitrogens is 1. The van der Waals surface area contributed by atoms with Crippen LogP contribution in [-0.4, -0.2) is 36.8 Å². The molecule has 2 saturated heterocycles. The van der Waals surface area contributed by atoms with Gasteiger partial charge in [-0.25, -0.2) is 4.98 Å². The van der Waals surface area contributed by atoms with Crippen LogP contribution in [0.3, 0.4) is 0 Å². The predicted octanol–water partition coefficient (Wildman–Crippen LogP) is 1.56. The van der Waals surface area contributed by atoms with E-state index in [-0.39, 0.29) is 0 Å². The standard InChI is InChI=1S/C14H21N3O/c1-2-15-8-11-4-3-7-16-14(11)17-9-12-5-6-13(10-17)18-12/h3-4,7,12-13,15H,2,5-6,8-10H2,1H3. The van der Waals surface area contributed by atoms with Gasteiger partial charge in [0, 0.05) is 31.4 Å². The summed E-state index contributed by atoms with van der Waals surface area (Å²) in [6.07, 6.45) is 5.13. The van der Waals surface area contributed by atoms with Crippen LogP contribution in [0.2, 0.25) is 0 Å². The minimum absolute atomic E-state index is 0.415. The largest absolute Gasteiger partial charge is 0.371 e. The van der Waals surface area contributed by atoms with Gasteiger partial charge in [0.1, 0.15) is 5.82 Å². The Morgan fingerprint density at radius 2 is 2.17 bits per heavy atom. The second-order valence-electron chi connectivity index (χ2n) is 5.13. The molecule has 0 saturated carbocycles. The zero-order valence-corrected chi connectivity index (χ0v) is 10.9. The van der Waals surface area contributed by atoms with Crippen LogP contribution in [0.5, 0.6) is 0 Å². The van der Waals surface area contributed by atoms with E-state index in [0.29, 0.717) is 12.2 Å². The van der Waals surface area contributed by atoms with Gasteiger partial charge in [0.15, 0.2) is 0 Å². The maximum atomic E-state index is 5.88. The summed E-state index contributed by atoms with van der Waals surface area (Å²) in [4.78, 5) is 6.98. The van der Waals surface area contributed by atoms with Gasteiger partial charge in [-0.3, -0.25) is 0 Å². The summed E-state index contributed by atoms with van der Waals surface area (Å²) in [6.45, 7) is 6.00. The van der Waals surface area contributed by atoms with Crippen LogP contribution in [-0.2, 0) is 11.3 Å². The van der Waals surface area contributed by atoms with Crippen LogP contribution in [0.4, 0.5) is 5.82 Å². The summed E-state index contributed by atoms with van der Waals surface area (Å²) in [7, 11) is 0. The van der Waals surface area contributed by atoms with Gasteiger partial charge in [-0.05, 0) is 25.5 Å². The van der Waals surface area contributed by atoms with Crippen molar-refractivity contribution in [3.05, 3.63) is 23.9 Å². The number of anilines is 1. The first-order valence-electron chi connectivity index (χ1n) is 6.92. The van der Waals surface area contributed by atoms with E-state index in [2.05, 4.69) is 28.2 Å². The molecule has 1 aromatic heterocycles. The van der Waals surface area contributed by atoms with Crippen LogP contribution in [0.25, 0.3) is 0 Å². The lowest BCUT2D eigenvalue weighted by molar-refractivity contribution is 0.0301. The van der Waals surface area contributed by atoms with Crippen molar-refractivity contribution in [3.63, 3.8) is 0 Å². The van der Waals surface area contributed by atoms with Gasteiger partial charge in [-0.1, -0.05) is 13.0 Å². The summed E-state index contributed by atoms with van der Waals surface area (Å²) in [5.74, 6) is 1.14. The van der Waals surface area contributed by atoms with E-state index in [0.717, 1.165) is 32.0 Å². The second-order valence-corrected chi connectivity index (χ2v) is 5.13. The molecule has 2 aliphatic heterocycles. The highest BCUT2D eigenvalue weighted by atomic mass is 16.5. The number of pyridine rings is 1. The Hall–Kier alpha value is -1.13. The quantitative estimate of drug-likeness (QED) is 0.876. The Morgan fingerprint density at radius 1 is 1.39 bits per heavy atom. The topological polar surface area (TPSA) is 37.4 Å². The molecule has 1 aromatic rings. The molecule has 98 valence electrons. The first-order chi connectivity index (χ1) is 8.86. The molecule has 2 fully saturated rings. The van der Waals surface area contributed by atoms with Crippen molar-refractivity contribution in [3.8, 4) is 0 Å². The fourth-order valence-electron chi connectivity index (χ4n) is 2.90. The highest BCUT2D eigenvalue weighted by Crippen LogP contribution is 2.30. The van der Waals surface area contributed by atoms with Crippen molar-refractivity contribution >= 4 is 5.82 Å². The monoisotopic (exact) mass is 247 g/mol. The number of rotatable bonds is 4. The SMILES string of the molecule is CCNCc1cccnc1N1CC2CCC(C1)O2. The van der Waals surface area contributed by atoms with Gasteiger partial charge in [0.05, 0.1) is 12.2 Å². The summed E-state index contributed by atoms with van der Waals surface area (Å²) in [6, 6.07) is 4.19. The predicted molar refractivity (Wildman–Crippen MR) is 71.7 cm³/mol. The fourth-order valence-corrected chi connectivity index (χ4v) is 2.90. The van der Waals surface area contributed by atoms with E-state index in [1.165, 1.54) is 18.4 Å². The van der Waals surface area contributed by atoms with Crippen LogP contribution in [0, 0.1) is 0 Å². The number of ether oxygens (including phenoxy) is 1. The molecule has 0 aliphatic carbocycles. The van der Waals surface area contributed by atoms with Gasteiger partial charge in [-0.15, -0.1) is 0 Å². The highest BCUT2D eigenvalue weighted by molar-refractivity contribution is 5.47. The van der Waals surface area contributed by atoms with Crippen molar-refractivity contribution in [1.82, 2.24) is 10.3 Å². The summed E-state index contributed by atoms with van der Waals surface area (Å²) in [5.41, 5.74) is 1.29. The minimum atomic E-state index is 0.415. The van der Waals surface area contributed by atoms with E-state index in [1.807, 2.05) is 12.3 Å². The molecule has 0 amide bonds. The fraction of sp³-hybridized carbons (Fsp3) is 0.643. The van der Waals surface area contributed by atoms with Crippen molar-refractivity contribution in [2.45, 2.75) is 38.5 Å². The maximum Gasteiger partial charge on any atom is 0.133 e. The van der Waals surface area contributed by atoms with Gasteiger partial charge >= 0.3 is 0 Å². The number of nitrogens with zero attached hydrogens (tertiary/aromatic N) is 2. The molecule has 0 aromatic carbocycles.